The molecule has 4 nitrogen and oxygen atoms in total. The molecule has 0 spiro atoms. The fourth-order valence-corrected chi connectivity index (χ4v) is 1.15. The highest BCUT2D eigenvalue weighted by molar-refractivity contribution is 5.88. The largest absolute Gasteiger partial charge is 0.328 e. The molecule has 0 bridgehead atoms. The predicted octanol–water partition coefficient (Wildman–Crippen LogP) is 2.35. The summed E-state index contributed by atoms with van der Waals surface area (Å²) in [7, 11) is 1.79. The van der Waals surface area contributed by atoms with Gasteiger partial charge in [-0.2, -0.15) is 0 Å². The Kier molecular flexibility index (Phi) is 4.60. The van der Waals surface area contributed by atoms with Crippen LogP contribution in [-0.4, -0.2) is 29.5 Å². The third-order valence-electron chi connectivity index (χ3n) is 2.11. The number of urea groups is 1. The van der Waals surface area contributed by atoms with Crippen LogP contribution in [0.15, 0.2) is 24.5 Å². The number of hydrogen-bond acceptors (Lipinski definition) is 2. The Balaban J connectivity index is 2.42. The van der Waals surface area contributed by atoms with Crippen molar-refractivity contribution in [2.75, 3.05) is 18.9 Å². The lowest BCUT2D eigenvalue weighted by Gasteiger charge is -2.17. The second-order valence-electron chi connectivity index (χ2n) is 3.45. The molecule has 0 aromatic carbocycles. The molecule has 0 aliphatic carbocycles. The molecule has 1 heterocycles. The van der Waals surface area contributed by atoms with E-state index >= 15 is 0 Å². The standard InChI is InChI=1S/C11H17N3O/c1-3-4-8-14(2)11(15)13-10-6-5-7-12-9-10/h5-7,9H,3-4,8H2,1-2H3,(H,13,15). The first-order chi connectivity index (χ1) is 7.24. The third-order valence-corrected chi connectivity index (χ3v) is 2.11. The van der Waals surface area contributed by atoms with E-state index in [-0.39, 0.29) is 6.03 Å². The van der Waals surface area contributed by atoms with Crippen LogP contribution in [0.1, 0.15) is 19.8 Å². The maximum Gasteiger partial charge on any atom is 0.321 e. The smallest absolute Gasteiger partial charge is 0.321 e. The highest BCUT2D eigenvalue weighted by atomic mass is 16.2. The van der Waals surface area contributed by atoms with Gasteiger partial charge in [-0.05, 0) is 18.6 Å². The SMILES string of the molecule is CCCCN(C)C(=O)Nc1cccnc1. The number of carbonyl (C=O) groups excluding carboxylic acids is 1. The first kappa shape index (κ1) is 11.5. The molecule has 1 N–H and O–H groups in total. The number of pyridine rings is 1. The summed E-state index contributed by atoms with van der Waals surface area (Å²) in [5.74, 6) is 0. The first-order valence-corrected chi connectivity index (χ1v) is 5.16. The van der Waals surface area contributed by atoms with Gasteiger partial charge in [0.15, 0.2) is 0 Å². The Morgan fingerprint density at radius 2 is 2.40 bits per heavy atom. The summed E-state index contributed by atoms with van der Waals surface area (Å²) >= 11 is 0. The van der Waals surface area contributed by atoms with Gasteiger partial charge in [0.05, 0.1) is 11.9 Å². The minimum atomic E-state index is -0.0866. The number of anilines is 1. The van der Waals surface area contributed by atoms with E-state index in [9.17, 15) is 4.79 Å². The van der Waals surface area contributed by atoms with E-state index in [2.05, 4.69) is 17.2 Å². The number of carbonyl (C=O) groups is 1. The van der Waals surface area contributed by atoms with Crippen LogP contribution in [0.3, 0.4) is 0 Å². The van der Waals surface area contributed by atoms with Crippen molar-refractivity contribution in [2.24, 2.45) is 0 Å². The Bertz CT molecular complexity index is 300. The van der Waals surface area contributed by atoms with E-state index in [0.717, 1.165) is 25.1 Å². The highest BCUT2D eigenvalue weighted by Gasteiger charge is 2.07. The summed E-state index contributed by atoms with van der Waals surface area (Å²) in [6, 6.07) is 3.52. The molecule has 0 saturated carbocycles. The van der Waals surface area contributed by atoms with Crippen molar-refractivity contribution in [3.8, 4) is 0 Å². The van der Waals surface area contributed by atoms with Crippen LogP contribution in [0, 0.1) is 0 Å². The summed E-state index contributed by atoms with van der Waals surface area (Å²) in [4.78, 5) is 17.2. The fourth-order valence-electron chi connectivity index (χ4n) is 1.15. The lowest BCUT2D eigenvalue weighted by atomic mass is 10.3. The lowest BCUT2D eigenvalue weighted by Crippen LogP contribution is -2.32. The van der Waals surface area contributed by atoms with Crippen molar-refractivity contribution in [3.63, 3.8) is 0 Å². The number of nitrogens with zero attached hydrogens (tertiary/aromatic N) is 2. The van der Waals surface area contributed by atoms with Crippen LogP contribution in [0.2, 0.25) is 0 Å². The van der Waals surface area contributed by atoms with Crippen LogP contribution in [-0.2, 0) is 0 Å². The number of nitrogens with one attached hydrogen (secondary N) is 1. The molecule has 0 saturated heterocycles. The monoisotopic (exact) mass is 207 g/mol. The average molecular weight is 207 g/mol. The fraction of sp³-hybridized carbons (Fsp3) is 0.455. The molecule has 1 aromatic rings. The number of unbranched alkanes of at least 4 members (excludes halogenated alkanes) is 1. The Hall–Kier alpha value is -1.58. The van der Waals surface area contributed by atoms with E-state index in [1.165, 1.54) is 0 Å². The predicted molar refractivity (Wildman–Crippen MR) is 60.8 cm³/mol. The van der Waals surface area contributed by atoms with Crippen molar-refractivity contribution >= 4 is 11.7 Å². The van der Waals surface area contributed by atoms with Gasteiger partial charge in [0.25, 0.3) is 0 Å². The van der Waals surface area contributed by atoms with E-state index in [0.29, 0.717) is 0 Å². The Morgan fingerprint density at radius 3 is 3.00 bits per heavy atom. The van der Waals surface area contributed by atoms with Crippen molar-refractivity contribution < 1.29 is 4.79 Å². The molecule has 0 radical (unpaired) electrons. The van der Waals surface area contributed by atoms with Crippen LogP contribution >= 0.6 is 0 Å². The summed E-state index contributed by atoms with van der Waals surface area (Å²) in [5.41, 5.74) is 0.728. The topological polar surface area (TPSA) is 45.2 Å². The molecular formula is C11H17N3O. The zero-order valence-corrected chi connectivity index (χ0v) is 9.23. The zero-order valence-electron chi connectivity index (χ0n) is 9.23. The minimum Gasteiger partial charge on any atom is -0.328 e. The van der Waals surface area contributed by atoms with Gasteiger partial charge in [-0.3, -0.25) is 4.98 Å². The number of amides is 2. The van der Waals surface area contributed by atoms with Gasteiger partial charge in [0.2, 0.25) is 0 Å². The van der Waals surface area contributed by atoms with Crippen molar-refractivity contribution in [2.45, 2.75) is 19.8 Å². The van der Waals surface area contributed by atoms with E-state index in [4.69, 9.17) is 0 Å². The molecule has 0 atom stereocenters. The zero-order chi connectivity index (χ0) is 11.1. The lowest BCUT2D eigenvalue weighted by molar-refractivity contribution is 0.222. The molecule has 82 valence electrons. The molecule has 1 aromatic heterocycles. The van der Waals surface area contributed by atoms with Crippen LogP contribution < -0.4 is 5.32 Å². The van der Waals surface area contributed by atoms with Crippen molar-refractivity contribution in [1.82, 2.24) is 9.88 Å². The Morgan fingerprint density at radius 1 is 1.60 bits per heavy atom. The first-order valence-electron chi connectivity index (χ1n) is 5.16. The molecule has 0 aliphatic rings. The van der Waals surface area contributed by atoms with Crippen LogP contribution in [0.25, 0.3) is 0 Å². The molecule has 0 unspecified atom stereocenters. The van der Waals surface area contributed by atoms with Gasteiger partial charge < -0.3 is 10.2 Å². The third kappa shape index (κ3) is 3.97. The van der Waals surface area contributed by atoms with Crippen molar-refractivity contribution in [3.05, 3.63) is 24.5 Å². The second-order valence-corrected chi connectivity index (χ2v) is 3.45. The van der Waals surface area contributed by atoms with Gasteiger partial charge in [-0.1, -0.05) is 13.3 Å². The summed E-state index contributed by atoms with van der Waals surface area (Å²) in [6.07, 6.45) is 5.42. The maximum atomic E-state index is 11.6. The highest BCUT2D eigenvalue weighted by Crippen LogP contribution is 2.04. The molecular weight excluding hydrogens is 190 g/mol. The van der Waals surface area contributed by atoms with Crippen molar-refractivity contribution in [1.29, 1.82) is 0 Å². The Labute approximate surface area is 90.3 Å². The summed E-state index contributed by atoms with van der Waals surface area (Å²) in [6.45, 7) is 2.88. The quantitative estimate of drug-likeness (QED) is 0.823. The maximum absolute atomic E-state index is 11.6. The van der Waals surface area contributed by atoms with E-state index < -0.39 is 0 Å². The van der Waals surface area contributed by atoms with Gasteiger partial charge in [0, 0.05) is 19.8 Å². The molecule has 0 aliphatic heterocycles. The average Bonchev–Trinajstić information content (AvgIpc) is 2.27. The molecule has 4 heteroatoms. The van der Waals surface area contributed by atoms with Gasteiger partial charge in [-0.25, -0.2) is 4.79 Å². The van der Waals surface area contributed by atoms with Crippen LogP contribution in [0.5, 0.6) is 0 Å². The normalized spacial score (nSPS) is 9.73. The van der Waals surface area contributed by atoms with Crippen LogP contribution in [0.4, 0.5) is 10.5 Å². The van der Waals surface area contributed by atoms with Gasteiger partial charge in [-0.15, -0.1) is 0 Å². The number of aromatic nitrogens is 1. The van der Waals surface area contributed by atoms with E-state index in [1.807, 2.05) is 6.07 Å². The van der Waals surface area contributed by atoms with Gasteiger partial charge >= 0.3 is 6.03 Å². The van der Waals surface area contributed by atoms with Gasteiger partial charge in [0.1, 0.15) is 0 Å². The minimum absolute atomic E-state index is 0.0866. The summed E-state index contributed by atoms with van der Waals surface area (Å²) in [5, 5.41) is 2.78. The van der Waals surface area contributed by atoms with E-state index in [1.54, 1.807) is 30.4 Å². The second kappa shape index (κ2) is 6.01. The number of rotatable bonds is 4. The molecule has 1 rings (SSSR count). The molecule has 15 heavy (non-hydrogen) atoms. The summed E-state index contributed by atoms with van der Waals surface area (Å²) < 4.78 is 0. The number of hydrogen-bond donors (Lipinski definition) is 1. The molecule has 0 fully saturated rings. The molecule has 2 amide bonds.